The molecule has 0 N–H and O–H groups in total. The van der Waals surface area contributed by atoms with E-state index in [1.807, 2.05) is 0 Å². The van der Waals surface area contributed by atoms with Crippen LogP contribution in [-0.2, 0) is 10.1 Å². The molecule has 7 heteroatoms. The Kier molecular flexibility index (Phi) is 4.13. The van der Waals surface area contributed by atoms with E-state index in [-0.39, 0.29) is 15.7 Å². The van der Waals surface area contributed by atoms with Gasteiger partial charge in [-0.25, -0.2) is 4.39 Å². The van der Waals surface area contributed by atoms with E-state index in [1.165, 1.54) is 36.4 Å². The van der Waals surface area contributed by atoms with E-state index >= 15 is 0 Å². The van der Waals surface area contributed by atoms with Gasteiger partial charge in [0.1, 0.15) is 4.90 Å². The fourth-order valence-corrected chi connectivity index (χ4v) is 3.30. The predicted molar refractivity (Wildman–Crippen MR) is 73.4 cm³/mol. The van der Waals surface area contributed by atoms with E-state index in [2.05, 4.69) is 15.9 Å². The highest BCUT2D eigenvalue weighted by atomic mass is 79.9. The van der Waals surface area contributed by atoms with Crippen molar-refractivity contribution in [3.63, 3.8) is 0 Å². The smallest absolute Gasteiger partial charge is 0.340 e. The second-order valence-electron chi connectivity index (χ2n) is 3.54. The first-order valence-corrected chi connectivity index (χ1v) is 7.62. The van der Waals surface area contributed by atoms with E-state index in [1.54, 1.807) is 0 Å². The van der Waals surface area contributed by atoms with Crippen LogP contribution in [0.15, 0.2) is 51.8 Å². The Labute approximate surface area is 123 Å². The van der Waals surface area contributed by atoms with Crippen LogP contribution in [0.2, 0.25) is 5.02 Å². The summed E-state index contributed by atoms with van der Waals surface area (Å²) in [7, 11) is -4.18. The zero-order chi connectivity index (χ0) is 14.0. The van der Waals surface area contributed by atoms with Crippen LogP contribution in [0.1, 0.15) is 0 Å². The molecule has 0 bridgehead atoms. The summed E-state index contributed by atoms with van der Waals surface area (Å²) < 4.78 is 42.7. The number of para-hydroxylation sites is 1. The first-order valence-electron chi connectivity index (χ1n) is 5.04. The standard InChI is InChI=1S/C12H7BrClFO3S/c13-8-5-6-12(9(14)7-8)19(16,17)18-11-4-2-1-3-10(11)15/h1-7H. The maximum absolute atomic E-state index is 13.4. The summed E-state index contributed by atoms with van der Waals surface area (Å²) in [6, 6.07) is 9.43. The molecule has 0 heterocycles. The Hall–Kier alpha value is -1.11. The Balaban J connectivity index is 2.41. The Morgan fingerprint density at radius 1 is 1.16 bits per heavy atom. The number of benzene rings is 2. The molecule has 2 rings (SSSR count). The van der Waals surface area contributed by atoms with Gasteiger partial charge in [-0.15, -0.1) is 0 Å². The summed E-state index contributed by atoms with van der Waals surface area (Å²) in [5, 5.41) is -0.00860. The minimum Gasteiger partial charge on any atom is -0.376 e. The van der Waals surface area contributed by atoms with Crippen molar-refractivity contribution in [2.45, 2.75) is 4.90 Å². The first kappa shape index (κ1) is 14.3. The van der Waals surface area contributed by atoms with Crippen LogP contribution in [0, 0.1) is 5.82 Å². The van der Waals surface area contributed by atoms with Crippen molar-refractivity contribution in [3.8, 4) is 5.75 Å². The van der Waals surface area contributed by atoms with Crippen molar-refractivity contribution in [3.05, 3.63) is 57.8 Å². The van der Waals surface area contributed by atoms with Crippen LogP contribution < -0.4 is 4.18 Å². The molecule has 0 aliphatic rings. The van der Waals surface area contributed by atoms with Gasteiger partial charge in [-0.1, -0.05) is 39.7 Å². The molecule has 0 atom stereocenters. The van der Waals surface area contributed by atoms with Gasteiger partial charge in [0.15, 0.2) is 11.6 Å². The number of rotatable bonds is 3. The molecular weight excluding hydrogens is 359 g/mol. The topological polar surface area (TPSA) is 43.4 Å². The highest BCUT2D eigenvalue weighted by molar-refractivity contribution is 9.10. The lowest BCUT2D eigenvalue weighted by Crippen LogP contribution is -2.11. The predicted octanol–water partition coefficient (Wildman–Crippen LogP) is 4.01. The SMILES string of the molecule is O=S(=O)(Oc1ccccc1F)c1ccc(Br)cc1Cl. The molecule has 2 aromatic rings. The lowest BCUT2D eigenvalue weighted by Gasteiger charge is -2.09. The summed E-state index contributed by atoms with van der Waals surface area (Å²) in [4.78, 5) is -0.222. The van der Waals surface area contributed by atoms with E-state index in [9.17, 15) is 12.8 Å². The molecule has 19 heavy (non-hydrogen) atoms. The van der Waals surface area contributed by atoms with Crippen molar-refractivity contribution >= 4 is 37.6 Å². The fraction of sp³-hybridized carbons (Fsp3) is 0. The molecule has 3 nitrogen and oxygen atoms in total. The van der Waals surface area contributed by atoms with Gasteiger partial charge in [-0.05, 0) is 30.3 Å². The maximum Gasteiger partial charge on any atom is 0.340 e. The Morgan fingerprint density at radius 3 is 2.47 bits per heavy atom. The molecule has 0 spiro atoms. The molecule has 0 saturated heterocycles. The van der Waals surface area contributed by atoms with Gasteiger partial charge in [-0.2, -0.15) is 8.42 Å². The Bertz CT molecular complexity index is 719. The summed E-state index contributed by atoms with van der Waals surface area (Å²) in [5.74, 6) is -1.14. The normalized spacial score (nSPS) is 11.3. The highest BCUT2D eigenvalue weighted by Crippen LogP contribution is 2.28. The average molecular weight is 366 g/mol. The van der Waals surface area contributed by atoms with Crippen LogP contribution in [0.4, 0.5) is 4.39 Å². The number of halogens is 3. The maximum atomic E-state index is 13.4. The molecule has 0 fully saturated rings. The monoisotopic (exact) mass is 364 g/mol. The van der Waals surface area contributed by atoms with Gasteiger partial charge in [0.2, 0.25) is 0 Å². The summed E-state index contributed by atoms with van der Waals surface area (Å²) in [5.41, 5.74) is 0. The van der Waals surface area contributed by atoms with Crippen LogP contribution in [0.5, 0.6) is 5.75 Å². The van der Waals surface area contributed by atoms with Gasteiger partial charge in [0.05, 0.1) is 5.02 Å². The number of hydrogen-bond acceptors (Lipinski definition) is 3. The van der Waals surface area contributed by atoms with Gasteiger partial charge in [-0.3, -0.25) is 0 Å². The second-order valence-corrected chi connectivity index (χ2v) is 6.38. The molecule has 0 unspecified atom stereocenters. The summed E-state index contributed by atoms with van der Waals surface area (Å²) in [6.07, 6.45) is 0. The quantitative estimate of drug-likeness (QED) is 0.772. The van der Waals surface area contributed by atoms with Crippen molar-refractivity contribution in [1.82, 2.24) is 0 Å². The van der Waals surface area contributed by atoms with Crippen molar-refractivity contribution in [2.75, 3.05) is 0 Å². The third kappa shape index (κ3) is 3.26. The van der Waals surface area contributed by atoms with E-state index < -0.39 is 15.9 Å². The van der Waals surface area contributed by atoms with Crippen LogP contribution >= 0.6 is 27.5 Å². The molecule has 0 aliphatic carbocycles. The molecule has 100 valence electrons. The minimum absolute atomic E-state index is 0.00860. The summed E-state index contributed by atoms with van der Waals surface area (Å²) >= 11 is 9.00. The van der Waals surface area contributed by atoms with Gasteiger partial charge < -0.3 is 4.18 Å². The first-order chi connectivity index (χ1) is 8.90. The van der Waals surface area contributed by atoms with E-state index in [0.717, 1.165) is 6.07 Å². The molecule has 0 amide bonds. The third-order valence-electron chi connectivity index (χ3n) is 2.20. The minimum atomic E-state index is -4.18. The molecule has 0 radical (unpaired) electrons. The summed E-state index contributed by atoms with van der Waals surface area (Å²) in [6.45, 7) is 0. The number of hydrogen-bond donors (Lipinski definition) is 0. The molecule has 0 saturated carbocycles. The van der Waals surface area contributed by atoms with Gasteiger partial charge in [0.25, 0.3) is 0 Å². The van der Waals surface area contributed by atoms with Crippen LogP contribution in [0.3, 0.4) is 0 Å². The zero-order valence-electron chi connectivity index (χ0n) is 9.31. The fourth-order valence-electron chi connectivity index (χ4n) is 1.35. The lowest BCUT2D eigenvalue weighted by molar-refractivity contribution is 0.461. The molecule has 0 aliphatic heterocycles. The van der Waals surface area contributed by atoms with Crippen LogP contribution in [-0.4, -0.2) is 8.42 Å². The highest BCUT2D eigenvalue weighted by Gasteiger charge is 2.21. The average Bonchev–Trinajstić information content (AvgIpc) is 2.31. The zero-order valence-corrected chi connectivity index (χ0v) is 12.5. The molecule has 0 aromatic heterocycles. The van der Waals surface area contributed by atoms with Crippen molar-refractivity contribution in [1.29, 1.82) is 0 Å². The third-order valence-corrected chi connectivity index (χ3v) is 4.41. The van der Waals surface area contributed by atoms with Crippen LogP contribution in [0.25, 0.3) is 0 Å². The second kappa shape index (κ2) is 5.48. The van der Waals surface area contributed by atoms with Crippen molar-refractivity contribution in [2.24, 2.45) is 0 Å². The van der Waals surface area contributed by atoms with E-state index in [0.29, 0.717) is 4.47 Å². The molecular formula is C12H7BrClFO3S. The lowest BCUT2D eigenvalue weighted by atomic mass is 10.3. The largest absolute Gasteiger partial charge is 0.376 e. The van der Waals surface area contributed by atoms with Gasteiger partial charge in [0, 0.05) is 4.47 Å². The van der Waals surface area contributed by atoms with Gasteiger partial charge >= 0.3 is 10.1 Å². The van der Waals surface area contributed by atoms with Crippen molar-refractivity contribution < 1.29 is 17.0 Å². The van der Waals surface area contributed by atoms with E-state index in [4.69, 9.17) is 15.8 Å². The molecule has 2 aromatic carbocycles. The Morgan fingerprint density at radius 2 is 1.84 bits per heavy atom.